The van der Waals surface area contributed by atoms with Crippen molar-refractivity contribution in [3.8, 4) is 0 Å². The van der Waals surface area contributed by atoms with Crippen molar-refractivity contribution in [1.29, 1.82) is 0 Å². The molecule has 0 radical (unpaired) electrons. The Hall–Kier alpha value is -1.49. The quantitative estimate of drug-likeness (QED) is 0.458. The summed E-state index contributed by atoms with van der Waals surface area (Å²) in [4.78, 5) is 17.9. The molecule has 1 aromatic carbocycles. The van der Waals surface area contributed by atoms with Crippen molar-refractivity contribution in [3.63, 3.8) is 0 Å². The summed E-state index contributed by atoms with van der Waals surface area (Å²) in [6, 6.07) is 6.70. The van der Waals surface area contributed by atoms with E-state index in [4.69, 9.17) is 23.2 Å². The molecule has 1 aliphatic heterocycles. The molecule has 1 amide bonds. The fraction of sp³-hybridized carbons (Fsp3) is 0.300. The SMILES string of the molecule is C=CCn1c(=NC(=O)C2CCCN(S(=O)(=O)c3cccs3)C2)sc2c(Cl)ccc(Cl)c21. The van der Waals surface area contributed by atoms with Crippen molar-refractivity contribution in [2.45, 2.75) is 23.6 Å². The van der Waals surface area contributed by atoms with Crippen LogP contribution in [0.3, 0.4) is 0 Å². The normalized spacial score (nSPS) is 18.5. The highest BCUT2D eigenvalue weighted by Gasteiger charge is 2.33. The van der Waals surface area contributed by atoms with Gasteiger partial charge >= 0.3 is 0 Å². The summed E-state index contributed by atoms with van der Waals surface area (Å²) < 4.78 is 29.9. The Morgan fingerprint density at radius 2 is 2.06 bits per heavy atom. The Balaban J connectivity index is 1.68. The zero-order valence-corrected chi connectivity index (χ0v) is 20.3. The third-order valence-electron chi connectivity index (χ3n) is 5.07. The van der Waals surface area contributed by atoms with Gasteiger partial charge in [0.15, 0.2) is 4.80 Å². The molecule has 1 atom stereocenters. The highest BCUT2D eigenvalue weighted by Crippen LogP contribution is 2.32. The molecule has 0 spiro atoms. The predicted molar refractivity (Wildman–Crippen MR) is 126 cm³/mol. The summed E-state index contributed by atoms with van der Waals surface area (Å²) in [5.74, 6) is -0.848. The Bertz CT molecular complexity index is 1310. The molecule has 0 saturated carbocycles. The molecule has 1 fully saturated rings. The van der Waals surface area contributed by atoms with Crippen LogP contribution in [0.1, 0.15) is 12.8 Å². The smallest absolute Gasteiger partial charge is 0.252 e. The molecule has 2 aromatic heterocycles. The second-order valence-corrected chi connectivity index (χ2v) is 12.0. The van der Waals surface area contributed by atoms with Gasteiger partial charge in [0.05, 0.1) is 26.2 Å². The molecule has 1 saturated heterocycles. The van der Waals surface area contributed by atoms with Gasteiger partial charge in [-0.3, -0.25) is 4.79 Å². The van der Waals surface area contributed by atoms with Crippen LogP contribution in [-0.4, -0.2) is 36.3 Å². The van der Waals surface area contributed by atoms with E-state index >= 15 is 0 Å². The number of benzene rings is 1. The van der Waals surface area contributed by atoms with E-state index in [1.165, 1.54) is 27.0 Å². The number of hydrogen-bond acceptors (Lipinski definition) is 5. The fourth-order valence-electron chi connectivity index (χ4n) is 3.58. The Labute approximate surface area is 198 Å². The molecule has 0 bridgehead atoms. The summed E-state index contributed by atoms with van der Waals surface area (Å²) in [6.07, 6.45) is 2.89. The van der Waals surface area contributed by atoms with E-state index in [1.807, 2.05) is 4.57 Å². The van der Waals surface area contributed by atoms with Crippen LogP contribution in [0, 0.1) is 5.92 Å². The minimum absolute atomic E-state index is 0.121. The number of rotatable bonds is 5. The van der Waals surface area contributed by atoms with Gasteiger partial charge in [-0.05, 0) is 36.4 Å². The molecule has 3 heterocycles. The van der Waals surface area contributed by atoms with E-state index in [0.717, 1.165) is 4.70 Å². The average molecular weight is 516 g/mol. The van der Waals surface area contributed by atoms with E-state index in [0.29, 0.717) is 46.3 Å². The van der Waals surface area contributed by atoms with Crippen LogP contribution in [0.2, 0.25) is 10.0 Å². The molecule has 0 aliphatic carbocycles. The fourth-order valence-corrected chi connectivity index (χ4v) is 7.91. The lowest BCUT2D eigenvalue weighted by atomic mass is 9.99. The van der Waals surface area contributed by atoms with E-state index in [2.05, 4.69) is 11.6 Å². The van der Waals surface area contributed by atoms with Gasteiger partial charge in [-0.15, -0.1) is 17.9 Å². The van der Waals surface area contributed by atoms with Gasteiger partial charge in [-0.2, -0.15) is 9.30 Å². The maximum absolute atomic E-state index is 13.0. The van der Waals surface area contributed by atoms with Crippen molar-refractivity contribution in [3.05, 3.63) is 57.1 Å². The lowest BCUT2D eigenvalue weighted by molar-refractivity contribution is -0.122. The molecule has 0 N–H and O–H groups in total. The number of fused-ring (bicyclic) bond motifs is 1. The van der Waals surface area contributed by atoms with Crippen molar-refractivity contribution < 1.29 is 13.2 Å². The molecule has 6 nitrogen and oxygen atoms in total. The second kappa shape index (κ2) is 9.17. The van der Waals surface area contributed by atoms with E-state index < -0.39 is 15.9 Å². The lowest BCUT2D eigenvalue weighted by Crippen LogP contribution is -2.42. The number of allylic oxidation sites excluding steroid dienone is 1. The van der Waals surface area contributed by atoms with Crippen molar-refractivity contribution in [1.82, 2.24) is 8.87 Å². The number of carbonyl (C=O) groups is 1. The van der Waals surface area contributed by atoms with E-state index in [1.54, 1.807) is 35.7 Å². The number of sulfonamides is 1. The summed E-state index contributed by atoms with van der Waals surface area (Å²) in [7, 11) is -3.60. The van der Waals surface area contributed by atoms with Gasteiger partial charge < -0.3 is 4.57 Å². The number of nitrogens with zero attached hydrogens (tertiary/aromatic N) is 3. The second-order valence-electron chi connectivity index (χ2n) is 7.08. The lowest BCUT2D eigenvalue weighted by Gasteiger charge is -2.29. The first kappa shape index (κ1) is 22.7. The van der Waals surface area contributed by atoms with Gasteiger partial charge in [0, 0.05) is 19.6 Å². The molecule has 4 rings (SSSR count). The van der Waals surface area contributed by atoms with Crippen LogP contribution >= 0.6 is 45.9 Å². The summed E-state index contributed by atoms with van der Waals surface area (Å²) in [5.41, 5.74) is 0.705. The molecule has 164 valence electrons. The predicted octanol–water partition coefficient (Wildman–Crippen LogP) is 4.79. The number of halogens is 2. The zero-order valence-electron chi connectivity index (χ0n) is 16.3. The van der Waals surface area contributed by atoms with Crippen LogP contribution in [0.4, 0.5) is 0 Å². The molecule has 31 heavy (non-hydrogen) atoms. The Morgan fingerprint density at radius 3 is 2.77 bits per heavy atom. The minimum atomic E-state index is -3.60. The highest BCUT2D eigenvalue weighted by molar-refractivity contribution is 7.91. The number of thiazole rings is 1. The highest BCUT2D eigenvalue weighted by atomic mass is 35.5. The maximum atomic E-state index is 13.0. The van der Waals surface area contributed by atoms with Crippen LogP contribution < -0.4 is 4.80 Å². The van der Waals surface area contributed by atoms with Crippen LogP contribution in [-0.2, 0) is 21.4 Å². The summed E-state index contributed by atoms with van der Waals surface area (Å²) in [5, 5.41) is 2.77. The number of aromatic nitrogens is 1. The summed E-state index contributed by atoms with van der Waals surface area (Å²) >= 11 is 15.2. The average Bonchev–Trinajstić information content (AvgIpc) is 3.41. The third-order valence-corrected chi connectivity index (χ3v) is 10.2. The maximum Gasteiger partial charge on any atom is 0.252 e. The van der Waals surface area contributed by atoms with Crippen molar-refractivity contribution >= 4 is 72.0 Å². The van der Waals surface area contributed by atoms with Crippen LogP contribution in [0.15, 0.2) is 51.5 Å². The van der Waals surface area contributed by atoms with Crippen LogP contribution in [0.5, 0.6) is 0 Å². The number of thiophene rings is 1. The van der Waals surface area contributed by atoms with Gasteiger partial charge in [0.25, 0.3) is 15.9 Å². The minimum Gasteiger partial charge on any atom is -0.311 e. The molecular formula is C20H19Cl2N3O3S3. The first-order valence-corrected chi connectivity index (χ1v) is 13.4. The van der Waals surface area contributed by atoms with Gasteiger partial charge in [0.1, 0.15) is 4.21 Å². The number of carbonyl (C=O) groups excluding carboxylic acids is 1. The topological polar surface area (TPSA) is 71.7 Å². The van der Waals surface area contributed by atoms with Crippen molar-refractivity contribution in [2.24, 2.45) is 10.9 Å². The summed E-state index contributed by atoms with van der Waals surface area (Å²) in [6.45, 7) is 4.71. The number of hydrogen-bond donors (Lipinski definition) is 0. The first-order chi connectivity index (χ1) is 14.8. The van der Waals surface area contributed by atoms with Gasteiger partial charge in [-0.1, -0.05) is 46.7 Å². The first-order valence-electron chi connectivity index (χ1n) is 9.53. The molecule has 3 aromatic rings. The van der Waals surface area contributed by atoms with Gasteiger partial charge in [-0.25, -0.2) is 8.42 Å². The number of piperidine rings is 1. The molecular weight excluding hydrogens is 497 g/mol. The zero-order chi connectivity index (χ0) is 22.2. The van der Waals surface area contributed by atoms with E-state index in [9.17, 15) is 13.2 Å². The van der Waals surface area contributed by atoms with Crippen molar-refractivity contribution in [2.75, 3.05) is 13.1 Å². The molecule has 1 aliphatic rings. The third kappa shape index (κ3) is 4.40. The number of amides is 1. The van der Waals surface area contributed by atoms with Gasteiger partial charge in [0.2, 0.25) is 0 Å². The monoisotopic (exact) mass is 515 g/mol. The van der Waals surface area contributed by atoms with Crippen LogP contribution in [0.25, 0.3) is 10.2 Å². The largest absolute Gasteiger partial charge is 0.311 e. The Morgan fingerprint density at radius 1 is 1.29 bits per heavy atom. The molecule has 11 heteroatoms. The molecule has 1 unspecified atom stereocenters. The standard InChI is InChI=1S/C20H19Cl2N3O3S3/c1-2-9-25-17-14(21)7-8-15(22)18(17)30-20(25)23-19(26)13-5-3-10-24(12-13)31(27,28)16-6-4-11-29-16/h2,4,6-8,11,13H,1,3,5,9-10,12H2. The van der Waals surface area contributed by atoms with E-state index in [-0.39, 0.29) is 16.7 Å². The Kier molecular flexibility index (Phi) is 6.71.